The lowest BCUT2D eigenvalue weighted by molar-refractivity contribution is -0.120. The van der Waals surface area contributed by atoms with Gasteiger partial charge in [0.2, 0.25) is 5.91 Å². The summed E-state index contributed by atoms with van der Waals surface area (Å²) in [5, 5.41) is 6.41. The van der Waals surface area contributed by atoms with Crippen molar-refractivity contribution in [2.75, 3.05) is 13.1 Å². The van der Waals surface area contributed by atoms with E-state index in [0.717, 1.165) is 18.7 Å². The Labute approximate surface area is 94.5 Å². The number of carbonyl (C=O) groups excluding carboxylic acids is 1. The summed E-state index contributed by atoms with van der Waals surface area (Å²) in [5.74, 6) is 1.48. The summed E-state index contributed by atoms with van der Waals surface area (Å²) >= 11 is 0. The molecule has 16 heavy (non-hydrogen) atoms. The molecule has 0 spiro atoms. The van der Waals surface area contributed by atoms with Crippen molar-refractivity contribution in [2.45, 2.75) is 12.5 Å². The van der Waals surface area contributed by atoms with Gasteiger partial charge in [-0.1, -0.05) is 6.07 Å². The topological polar surface area (TPSA) is 54.0 Å². The second-order valence-corrected chi connectivity index (χ2v) is 4.62. The average Bonchev–Trinajstić information content (AvgIpc) is 2.76. The fraction of sp³-hybridized carbons (Fsp3) is 0.500. The van der Waals surface area contributed by atoms with Crippen molar-refractivity contribution in [1.82, 2.24) is 15.6 Å². The molecule has 4 heteroatoms. The molecule has 3 rings (SSSR count). The van der Waals surface area contributed by atoms with E-state index in [1.165, 1.54) is 0 Å². The molecule has 1 aliphatic carbocycles. The van der Waals surface area contributed by atoms with E-state index in [0.29, 0.717) is 24.3 Å². The highest BCUT2D eigenvalue weighted by Gasteiger charge is 2.53. The van der Waals surface area contributed by atoms with Gasteiger partial charge in [0, 0.05) is 31.5 Å². The lowest BCUT2D eigenvalue weighted by Crippen LogP contribution is -2.33. The smallest absolute Gasteiger partial charge is 0.224 e. The van der Waals surface area contributed by atoms with Gasteiger partial charge in [-0.3, -0.25) is 9.78 Å². The quantitative estimate of drug-likeness (QED) is 0.747. The van der Waals surface area contributed by atoms with Gasteiger partial charge in [-0.2, -0.15) is 0 Å². The first-order chi connectivity index (χ1) is 7.84. The SMILES string of the molecule is O=C(Cc1cccnc1)NC1C2CNCC21. The van der Waals surface area contributed by atoms with Gasteiger partial charge in [0.05, 0.1) is 6.42 Å². The molecule has 1 aliphatic heterocycles. The van der Waals surface area contributed by atoms with Gasteiger partial charge in [-0.05, 0) is 23.5 Å². The number of hydrogen-bond acceptors (Lipinski definition) is 3. The largest absolute Gasteiger partial charge is 0.352 e. The van der Waals surface area contributed by atoms with E-state index in [1.54, 1.807) is 12.4 Å². The summed E-state index contributed by atoms with van der Waals surface area (Å²) in [6.45, 7) is 2.12. The number of carbonyl (C=O) groups is 1. The van der Waals surface area contributed by atoms with Crippen molar-refractivity contribution >= 4 is 5.91 Å². The predicted molar refractivity (Wildman–Crippen MR) is 59.7 cm³/mol. The average molecular weight is 217 g/mol. The lowest BCUT2D eigenvalue weighted by atomic mass is 10.2. The fourth-order valence-electron chi connectivity index (χ4n) is 2.56. The minimum Gasteiger partial charge on any atom is -0.352 e. The number of aromatic nitrogens is 1. The van der Waals surface area contributed by atoms with Gasteiger partial charge in [-0.15, -0.1) is 0 Å². The van der Waals surface area contributed by atoms with E-state index in [1.807, 2.05) is 12.1 Å². The van der Waals surface area contributed by atoms with E-state index in [9.17, 15) is 4.79 Å². The summed E-state index contributed by atoms with van der Waals surface area (Å²) < 4.78 is 0. The molecule has 0 radical (unpaired) electrons. The Balaban J connectivity index is 1.51. The number of pyridine rings is 1. The monoisotopic (exact) mass is 217 g/mol. The third-order valence-electron chi connectivity index (χ3n) is 3.51. The molecule has 2 atom stereocenters. The maximum atomic E-state index is 11.7. The van der Waals surface area contributed by atoms with E-state index < -0.39 is 0 Å². The van der Waals surface area contributed by atoms with Crippen LogP contribution in [0, 0.1) is 11.8 Å². The summed E-state index contributed by atoms with van der Waals surface area (Å²) in [6.07, 6.45) is 3.91. The molecule has 1 saturated carbocycles. The van der Waals surface area contributed by atoms with E-state index in [-0.39, 0.29) is 5.91 Å². The minimum atomic E-state index is 0.118. The van der Waals surface area contributed by atoms with Crippen molar-refractivity contribution in [2.24, 2.45) is 11.8 Å². The number of rotatable bonds is 3. The molecule has 2 heterocycles. The molecule has 1 aromatic rings. The van der Waals surface area contributed by atoms with Crippen LogP contribution in [0.3, 0.4) is 0 Å². The van der Waals surface area contributed by atoms with E-state index in [4.69, 9.17) is 0 Å². The number of amides is 1. The maximum absolute atomic E-state index is 11.7. The van der Waals surface area contributed by atoms with Crippen LogP contribution in [0.2, 0.25) is 0 Å². The van der Waals surface area contributed by atoms with Crippen LogP contribution in [-0.2, 0) is 11.2 Å². The fourth-order valence-corrected chi connectivity index (χ4v) is 2.56. The van der Waals surface area contributed by atoms with Crippen molar-refractivity contribution in [3.8, 4) is 0 Å². The third-order valence-corrected chi connectivity index (χ3v) is 3.51. The highest BCUT2D eigenvalue weighted by molar-refractivity contribution is 5.79. The molecule has 1 saturated heterocycles. The molecule has 0 bridgehead atoms. The molecule has 1 aromatic heterocycles. The zero-order valence-electron chi connectivity index (χ0n) is 9.02. The first-order valence-corrected chi connectivity index (χ1v) is 5.73. The van der Waals surface area contributed by atoms with Gasteiger partial charge < -0.3 is 10.6 Å². The number of nitrogens with zero attached hydrogens (tertiary/aromatic N) is 1. The van der Waals surface area contributed by atoms with Gasteiger partial charge in [-0.25, -0.2) is 0 Å². The first-order valence-electron chi connectivity index (χ1n) is 5.73. The summed E-state index contributed by atoms with van der Waals surface area (Å²) in [7, 11) is 0. The van der Waals surface area contributed by atoms with Crippen molar-refractivity contribution in [3.05, 3.63) is 30.1 Å². The Bertz CT molecular complexity index is 383. The first kappa shape index (κ1) is 9.78. The molecule has 0 aromatic carbocycles. The van der Waals surface area contributed by atoms with Crippen LogP contribution in [0.5, 0.6) is 0 Å². The molecule has 2 unspecified atom stereocenters. The summed E-state index contributed by atoms with van der Waals surface area (Å²) in [4.78, 5) is 15.7. The van der Waals surface area contributed by atoms with E-state index in [2.05, 4.69) is 15.6 Å². The lowest BCUT2D eigenvalue weighted by Gasteiger charge is -2.07. The number of nitrogens with one attached hydrogen (secondary N) is 2. The Morgan fingerprint density at radius 2 is 2.31 bits per heavy atom. The maximum Gasteiger partial charge on any atom is 0.224 e. The summed E-state index contributed by atoms with van der Waals surface area (Å²) in [5.41, 5.74) is 0.976. The predicted octanol–water partition coefficient (Wildman–Crippen LogP) is -0.0419. The van der Waals surface area contributed by atoms with Crippen LogP contribution >= 0.6 is 0 Å². The standard InChI is InChI=1S/C12H15N3O/c16-11(4-8-2-1-3-13-5-8)15-12-9-6-14-7-10(9)12/h1-3,5,9-10,12,14H,4,6-7H2,(H,15,16). The molecule has 2 aliphatic rings. The van der Waals surface area contributed by atoms with Crippen molar-refractivity contribution in [1.29, 1.82) is 0 Å². The Kier molecular flexibility index (Phi) is 2.36. The zero-order chi connectivity index (χ0) is 11.0. The van der Waals surface area contributed by atoms with Crippen LogP contribution < -0.4 is 10.6 Å². The molecular weight excluding hydrogens is 202 g/mol. The molecule has 4 nitrogen and oxygen atoms in total. The van der Waals surface area contributed by atoms with Crippen LogP contribution in [0.1, 0.15) is 5.56 Å². The Morgan fingerprint density at radius 3 is 3.00 bits per heavy atom. The highest BCUT2D eigenvalue weighted by atomic mass is 16.1. The Morgan fingerprint density at radius 1 is 1.50 bits per heavy atom. The van der Waals surface area contributed by atoms with E-state index >= 15 is 0 Å². The molecule has 2 N–H and O–H groups in total. The van der Waals surface area contributed by atoms with Gasteiger partial charge in [0.15, 0.2) is 0 Å². The van der Waals surface area contributed by atoms with Gasteiger partial charge in [0.25, 0.3) is 0 Å². The second-order valence-electron chi connectivity index (χ2n) is 4.62. The van der Waals surface area contributed by atoms with Crippen LogP contribution in [0.25, 0.3) is 0 Å². The second kappa shape index (κ2) is 3.87. The van der Waals surface area contributed by atoms with Crippen LogP contribution in [-0.4, -0.2) is 30.0 Å². The molecular formula is C12H15N3O. The normalized spacial score (nSPS) is 30.9. The van der Waals surface area contributed by atoms with Gasteiger partial charge in [0.1, 0.15) is 0 Å². The van der Waals surface area contributed by atoms with Gasteiger partial charge >= 0.3 is 0 Å². The minimum absolute atomic E-state index is 0.118. The van der Waals surface area contributed by atoms with Crippen LogP contribution in [0.15, 0.2) is 24.5 Å². The Hall–Kier alpha value is -1.42. The number of piperidine rings is 1. The summed E-state index contributed by atoms with van der Waals surface area (Å²) in [6, 6.07) is 4.21. The van der Waals surface area contributed by atoms with Crippen molar-refractivity contribution < 1.29 is 4.79 Å². The number of fused-ring (bicyclic) bond motifs is 1. The molecule has 1 amide bonds. The zero-order valence-corrected chi connectivity index (χ0v) is 9.02. The highest BCUT2D eigenvalue weighted by Crippen LogP contribution is 2.41. The molecule has 2 fully saturated rings. The molecule has 84 valence electrons. The third kappa shape index (κ3) is 1.80. The van der Waals surface area contributed by atoms with Crippen molar-refractivity contribution in [3.63, 3.8) is 0 Å². The number of hydrogen-bond donors (Lipinski definition) is 2. The van der Waals surface area contributed by atoms with Crippen LogP contribution in [0.4, 0.5) is 0 Å².